The van der Waals surface area contributed by atoms with E-state index in [0.29, 0.717) is 31.0 Å². The molecule has 0 unspecified atom stereocenters. The number of likely N-dealkylation sites (tertiary alicyclic amines) is 1. The lowest BCUT2D eigenvalue weighted by atomic mass is 9.61. The van der Waals surface area contributed by atoms with Gasteiger partial charge in [0.15, 0.2) is 9.84 Å². The molecule has 1 saturated carbocycles. The molecular formula is C24H31N5O4S. The minimum absolute atomic E-state index is 0.00322. The number of rotatable bonds is 5. The van der Waals surface area contributed by atoms with Crippen LogP contribution in [0.1, 0.15) is 25.3 Å². The smallest absolute Gasteiger partial charge is 0.410 e. The second-order valence-corrected chi connectivity index (χ2v) is 12.0. The molecule has 3 fully saturated rings. The maximum atomic E-state index is 12.8. The highest BCUT2D eigenvalue weighted by Crippen LogP contribution is 2.50. The molecule has 1 aromatic carbocycles. The first-order valence-corrected chi connectivity index (χ1v) is 13.6. The molecule has 10 heteroatoms. The molecule has 34 heavy (non-hydrogen) atoms. The molecule has 9 nitrogen and oxygen atoms in total. The van der Waals surface area contributed by atoms with Crippen LogP contribution in [-0.2, 0) is 21.1 Å². The van der Waals surface area contributed by atoms with Crippen molar-refractivity contribution < 1.29 is 17.9 Å². The molecule has 5 rings (SSSR count). The highest BCUT2D eigenvalue weighted by atomic mass is 32.2. The van der Waals surface area contributed by atoms with Gasteiger partial charge in [-0.25, -0.2) is 23.2 Å². The van der Waals surface area contributed by atoms with E-state index in [0.717, 1.165) is 38.7 Å². The zero-order valence-corrected chi connectivity index (χ0v) is 20.4. The predicted molar refractivity (Wildman–Crippen MR) is 127 cm³/mol. The maximum absolute atomic E-state index is 12.8. The maximum Gasteiger partial charge on any atom is 0.410 e. The van der Waals surface area contributed by atoms with Crippen molar-refractivity contribution >= 4 is 21.9 Å². The first kappa shape index (κ1) is 23.0. The number of ether oxygens (including phenoxy) is 1. The van der Waals surface area contributed by atoms with Crippen LogP contribution >= 0.6 is 0 Å². The first-order chi connectivity index (χ1) is 16.2. The first-order valence-electron chi connectivity index (χ1n) is 11.7. The molecule has 3 heterocycles. The van der Waals surface area contributed by atoms with E-state index >= 15 is 0 Å². The summed E-state index contributed by atoms with van der Waals surface area (Å²) in [6.45, 7) is 6.76. The van der Waals surface area contributed by atoms with Gasteiger partial charge in [0.05, 0.1) is 12.4 Å². The Hall–Kier alpha value is -2.72. The topological polar surface area (TPSA) is 95.9 Å². The van der Waals surface area contributed by atoms with Gasteiger partial charge in [0.1, 0.15) is 11.0 Å². The zero-order valence-electron chi connectivity index (χ0n) is 19.6. The molecule has 1 aromatic heterocycles. The number of carbonyl (C=O) groups excluding carboxylic acids is 1. The van der Waals surface area contributed by atoms with Crippen LogP contribution in [0.2, 0.25) is 0 Å². The van der Waals surface area contributed by atoms with Crippen molar-refractivity contribution in [2.45, 2.75) is 43.4 Å². The Labute approximate surface area is 200 Å². The SMILES string of the molecule is C[C@@H]1CN(c2ncc(S(C)(=O)=O)cn2)CCN1C(=O)OC1CC2(C1)CN(Cc1ccccc1)C2. The van der Waals surface area contributed by atoms with Crippen LogP contribution in [0.4, 0.5) is 10.7 Å². The second kappa shape index (κ2) is 8.81. The average molecular weight is 486 g/mol. The molecule has 1 atom stereocenters. The predicted octanol–water partition coefficient (Wildman–Crippen LogP) is 2.19. The zero-order chi connectivity index (χ0) is 23.9. The lowest BCUT2D eigenvalue weighted by molar-refractivity contribution is -0.136. The van der Waals surface area contributed by atoms with E-state index in [2.05, 4.69) is 39.1 Å². The number of hydrogen-bond donors (Lipinski definition) is 0. The van der Waals surface area contributed by atoms with E-state index in [-0.39, 0.29) is 23.1 Å². The van der Waals surface area contributed by atoms with Crippen molar-refractivity contribution in [2.24, 2.45) is 5.41 Å². The van der Waals surface area contributed by atoms with Crippen LogP contribution in [-0.4, -0.2) is 85.4 Å². The van der Waals surface area contributed by atoms with Crippen LogP contribution in [0.15, 0.2) is 47.6 Å². The van der Waals surface area contributed by atoms with Crippen LogP contribution in [0.25, 0.3) is 0 Å². The average Bonchev–Trinajstić information content (AvgIpc) is 2.76. The molecule has 182 valence electrons. The summed E-state index contributed by atoms with van der Waals surface area (Å²) in [5.41, 5.74) is 1.66. The summed E-state index contributed by atoms with van der Waals surface area (Å²) in [5, 5.41) is 0. The summed E-state index contributed by atoms with van der Waals surface area (Å²) >= 11 is 0. The minimum atomic E-state index is -3.33. The van der Waals surface area contributed by atoms with Crippen molar-refractivity contribution in [1.82, 2.24) is 19.8 Å². The molecule has 3 aliphatic rings. The standard InChI is InChI=1S/C24H31N5O4S/c1-18-14-28(22-25-12-21(13-26-22)34(2,31)32)8-9-29(18)23(30)33-20-10-24(11-20)16-27(17-24)15-19-6-4-3-5-7-19/h3-7,12-13,18,20H,8-11,14-17H2,1-2H3/t18-/m1/s1. The summed E-state index contributed by atoms with van der Waals surface area (Å²) in [5.74, 6) is 0.471. The number of sulfone groups is 1. The molecule has 0 N–H and O–H groups in total. The van der Waals surface area contributed by atoms with Gasteiger partial charge < -0.3 is 14.5 Å². The van der Waals surface area contributed by atoms with Crippen LogP contribution in [0.3, 0.4) is 0 Å². The lowest BCUT2D eigenvalue weighted by Gasteiger charge is -2.58. The molecule has 1 aliphatic carbocycles. The Balaban J connectivity index is 1.07. The fraction of sp³-hybridized carbons (Fsp3) is 0.542. The summed E-state index contributed by atoms with van der Waals surface area (Å²) in [7, 11) is -3.33. The van der Waals surface area contributed by atoms with Gasteiger partial charge in [-0.3, -0.25) is 4.90 Å². The van der Waals surface area contributed by atoms with Gasteiger partial charge >= 0.3 is 6.09 Å². The van der Waals surface area contributed by atoms with E-state index in [9.17, 15) is 13.2 Å². The van der Waals surface area contributed by atoms with Gasteiger partial charge in [0.2, 0.25) is 5.95 Å². The van der Waals surface area contributed by atoms with Crippen molar-refractivity contribution in [1.29, 1.82) is 0 Å². The minimum Gasteiger partial charge on any atom is -0.446 e. The van der Waals surface area contributed by atoms with Crippen LogP contribution in [0, 0.1) is 5.41 Å². The molecule has 0 radical (unpaired) electrons. The van der Waals surface area contributed by atoms with Crippen molar-refractivity contribution in [2.75, 3.05) is 43.9 Å². The summed E-state index contributed by atoms with van der Waals surface area (Å²) in [6, 6.07) is 10.5. The number of hydrogen-bond acceptors (Lipinski definition) is 8. The van der Waals surface area contributed by atoms with E-state index in [1.165, 1.54) is 18.0 Å². The summed E-state index contributed by atoms with van der Waals surface area (Å²) < 4.78 is 29.0. The monoisotopic (exact) mass is 485 g/mol. The largest absolute Gasteiger partial charge is 0.446 e. The van der Waals surface area contributed by atoms with E-state index < -0.39 is 9.84 Å². The molecule has 1 amide bonds. The molecule has 1 spiro atoms. The Kier molecular flexibility index (Phi) is 5.97. The van der Waals surface area contributed by atoms with Gasteiger partial charge in [0.25, 0.3) is 0 Å². The summed E-state index contributed by atoms with van der Waals surface area (Å²) in [4.78, 5) is 27.5. The normalized spacial score (nSPS) is 22.8. The number of aromatic nitrogens is 2. The molecule has 2 saturated heterocycles. The van der Waals surface area contributed by atoms with Crippen molar-refractivity contribution in [3.8, 4) is 0 Å². The highest BCUT2D eigenvalue weighted by molar-refractivity contribution is 7.90. The Morgan fingerprint density at radius 3 is 2.41 bits per heavy atom. The van der Waals surface area contributed by atoms with Gasteiger partial charge in [-0.1, -0.05) is 30.3 Å². The number of amides is 1. The number of anilines is 1. The number of benzene rings is 1. The van der Waals surface area contributed by atoms with E-state index in [1.54, 1.807) is 4.90 Å². The fourth-order valence-corrected chi connectivity index (χ4v) is 5.88. The van der Waals surface area contributed by atoms with Crippen molar-refractivity contribution in [3.63, 3.8) is 0 Å². The Morgan fingerprint density at radius 2 is 1.79 bits per heavy atom. The molecular weight excluding hydrogens is 454 g/mol. The molecule has 2 aromatic rings. The number of carbonyl (C=O) groups is 1. The van der Waals surface area contributed by atoms with E-state index in [1.807, 2.05) is 17.9 Å². The van der Waals surface area contributed by atoms with Gasteiger partial charge in [-0.05, 0) is 25.3 Å². The van der Waals surface area contributed by atoms with Crippen LogP contribution < -0.4 is 4.90 Å². The van der Waals surface area contributed by atoms with Gasteiger partial charge in [0, 0.05) is 57.0 Å². The number of piperazine rings is 1. The number of nitrogens with zero attached hydrogens (tertiary/aromatic N) is 5. The lowest BCUT2D eigenvalue weighted by Crippen LogP contribution is -2.64. The molecule has 2 aliphatic heterocycles. The summed E-state index contributed by atoms with van der Waals surface area (Å²) in [6.07, 6.45) is 5.43. The third kappa shape index (κ3) is 4.74. The van der Waals surface area contributed by atoms with Gasteiger partial charge in [-0.2, -0.15) is 0 Å². The third-order valence-electron chi connectivity index (χ3n) is 7.14. The highest BCUT2D eigenvalue weighted by Gasteiger charge is 2.53. The van der Waals surface area contributed by atoms with Crippen LogP contribution in [0.5, 0.6) is 0 Å². The second-order valence-electron chi connectivity index (χ2n) is 10.0. The fourth-order valence-electron chi connectivity index (χ4n) is 5.39. The molecule has 0 bridgehead atoms. The van der Waals surface area contributed by atoms with E-state index in [4.69, 9.17) is 4.74 Å². The quantitative estimate of drug-likeness (QED) is 0.636. The Bertz CT molecular complexity index is 1130. The van der Waals surface area contributed by atoms with Crippen molar-refractivity contribution in [3.05, 3.63) is 48.3 Å². The Morgan fingerprint density at radius 1 is 1.12 bits per heavy atom. The van der Waals surface area contributed by atoms with Gasteiger partial charge in [-0.15, -0.1) is 0 Å². The third-order valence-corrected chi connectivity index (χ3v) is 8.21.